The van der Waals surface area contributed by atoms with Gasteiger partial charge in [0.1, 0.15) is 22.5 Å². The molecule has 5 nitrogen and oxygen atoms in total. The Bertz CT molecular complexity index is 1190. The number of carbonyl (C=O) groups is 1. The Morgan fingerprint density at radius 2 is 2.09 bits per heavy atom. The number of hydrogen-bond acceptors (Lipinski definition) is 5. The summed E-state index contributed by atoms with van der Waals surface area (Å²) in [6.45, 7) is 6.02. The van der Waals surface area contributed by atoms with Crippen molar-refractivity contribution in [2.24, 2.45) is 10.7 Å². The number of rotatable bonds is 5. The molecule has 2 N–H and O–H groups in total. The molecule has 10 heteroatoms. The summed E-state index contributed by atoms with van der Waals surface area (Å²) in [5, 5.41) is 9.06. The molecule has 1 aromatic heterocycles. The fourth-order valence-electron chi connectivity index (χ4n) is 3.32. The monoisotopic (exact) mass is 476 g/mol. The van der Waals surface area contributed by atoms with E-state index in [4.69, 9.17) is 11.0 Å². The molecule has 1 unspecified atom stereocenters. The molecular formula is C23H20F4N4OS. The highest BCUT2D eigenvalue weighted by atomic mass is 32.1. The van der Waals surface area contributed by atoms with Gasteiger partial charge in [-0.15, -0.1) is 11.3 Å². The van der Waals surface area contributed by atoms with E-state index in [0.29, 0.717) is 24.4 Å². The van der Waals surface area contributed by atoms with Gasteiger partial charge in [-0.2, -0.15) is 18.4 Å². The molecule has 0 saturated carbocycles. The minimum atomic E-state index is -4.89. The molecule has 0 fully saturated rings. The lowest BCUT2D eigenvalue weighted by Crippen LogP contribution is -2.37. The van der Waals surface area contributed by atoms with Crippen molar-refractivity contribution in [2.45, 2.75) is 32.1 Å². The number of hydrogen-bond donors (Lipinski definition) is 1. The van der Waals surface area contributed by atoms with Gasteiger partial charge in [-0.05, 0) is 31.0 Å². The number of amides is 1. The van der Waals surface area contributed by atoms with Crippen LogP contribution in [0.15, 0.2) is 53.2 Å². The number of allylic oxidation sites excluding steroid dienone is 2. The predicted molar refractivity (Wildman–Crippen MR) is 119 cm³/mol. The zero-order chi connectivity index (χ0) is 24.3. The normalized spacial score (nSPS) is 15.6. The molecule has 33 heavy (non-hydrogen) atoms. The van der Waals surface area contributed by atoms with E-state index in [2.05, 4.69) is 17.6 Å². The zero-order valence-electron chi connectivity index (χ0n) is 17.6. The lowest BCUT2D eigenvalue weighted by molar-refractivity contribution is -0.128. The van der Waals surface area contributed by atoms with Gasteiger partial charge in [0, 0.05) is 34.3 Å². The van der Waals surface area contributed by atoms with E-state index in [0.717, 1.165) is 22.7 Å². The molecule has 1 amide bonds. The van der Waals surface area contributed by atoms with Gasteiger partial charge in [-0.25, -0.2) is 4.39 Å². The van der Waals surface area contributed by atoms with Gasteiger partial charge >= 0.3 is 6.18 Å². The van der Waals surface area contributed by atoms with Gasteiger partial charge in [0.15, 0.2) is 0 Å². The van der Waals surface area contributed by atoms with Crippen molar-refractivity contribution in [3.05, 3.63) is 74.9 Å². The number of benzene rings is 1. The van der Waals surface area contributed by atoms with Crippen molar-refractivity contribution >= 4 is 29.0 Å². The Hall–Kier alpha value is -3.45. The van der Waals surface area contributed by atoms with E-state index in [1.165, 1.54) is 36.5 Å². The third kappa shape index (κ3) is 5.31. The topological polar surface area (TPSA) is 82.5 Å². The number of aliphatic imine (C=N–C) groups is 1. The molecule has 1 atom stereocenters. The molecule has 0 spiro atoms. The average Bonchev–Trinajstić information content (AvgIpc) is 3.20. The van der Waals surface area contributed by atoms with Crippen LogP contribution in [0.4, 0.5) is 17.6 Å². The molecule has 2 heterocycles. The standard InChI is InChI=1S/C23H20F4N4OS/c1-13(22(32)31-8-7-15-9-16(10-28)33-20(15)12-31)14(2)30-11-18(21(29)23(25,26)27)17-5-3-4-6-19(17)24/h3-6,9,11,14H,1,7-8,12,29H2,2H3. The first-order valence-electron chi connectivity index (χ1n) is 9.87. The van der Waals surface area contributed by atoms with Crippen LogP contribution in [0, 0.1) is 17.1 Å². The minimum Gasteiger partial charge on any atom is -0.394 e. The maximum Gasteiger partial charge on any atom is 0.431 e. The van der Waals surface area contributed by atoms with Crippen LogP contribution in [0.3, 0.4) is 0 Å². The second-order valence-corrected chi connectivity index (χ2v) is 8.57. The summed E-state index contributed by atoms with van der Waals surface area (Å²) in [6, 6.07) is 7.94. The zero-order valence-corrected chi connectivity index (χ0v) is 18.4. The number of thiophene rings is 1. The van der Waals surface area contributed by atoms with Crippen LogP contribution in [-0.4, -0.2) is 35.8 Å². The van der Waals surface area contributed by atoms with Crippen molar-refractivity contribution in [2.75, 3.05) is 6.54 Å². The molecule has 2 aromatic rings. The predicted octanol–water partition coefficient (Wildman–Crippen LogP) is 4.59. The van der Waals surface area contributed by atoms with Crippen molar-refractivity contribution in [1.29, 1.82) is 5.26 Å². The van der Waals surface area contributed by atoms with Crippen LogP contribution in [0.2, 0.25) is 0 Å². The van der Waals surface area contributed by atoms with Gasteiger partial charge in [0.05, 0.1) is 12.6 Å². The fraction of sp³-hybridized carbons (Fsp3) is 0.261. The third-order valence-electron chi connectivity index (χ3n) is 5.25. The van der Waals surface area contributed by atoms with Crippen LogP contribution >= 0.6 is 11.3 Å². The summed E-state index contributed by atoms with van der Waals surface area (Å²) in [5.74, 6) is -1.28. The molecule has 1 aliphatic rings. The number of alkyl halides is 3. The van der Waals surface area contributed by atoms with Crippen LogP contribution in [0.25, 0.3) is 5.57 Å². The Labute approximate surface area is 192 Å². The summed E-state index contributed by atoms with van der Waals surface area (Å²) in [6.07, 6.45) is -3.47. The van der Waals surface area contributed by atoms with E-state index in [9.17, 15) is 22.4 Å². The summed E-state index contributed by atoms with van der Waals surface area (Å²) in [5.41, 5.74) is 3.90. The van der Waals surface area contributed by atoms with Crippen molar-refractivity contribution in [1.82, 2.24) is 4.90 Å². The molecule has 0 aliphatic carbocycles. The molecule has 0 saturated heterocycles. The van der Waals surface area contributed by atoms with E-state index in [-0.39, 0.29) is 11.1 Å². The van der Waals surface area contributed by atoms with Crippen LogP contribution in [0.1, 0.15) is 27.8 Å². The maximum absolute atomic E-state index is 14.2. The number of carbonyl (C=O) groups excluding carboxylic acids is 1. The minimum absolute atomic E-state index is 0.0743. The van der Waals surface area contributed by atoms with E-state index >= 15 is 0 Å². The quantitative estimate of drug-likeness (QED) is 0.389. The maximum atomic E-state index is 14.2. The van der Waals surface area contributed by atoms with Gasteiger partial charge in [-0.1, -0.05) is 24.8 Å². The highest BCUT2D eigenvalue weighted by molar-refractivity contribution is 7.12. The smallest absolute Gasteiger partial charge is 0.394 e. The van der Waals surface area contributed by atoms with Crippen molar-refractivity contribution in [3.63, 3.8) is 0 Å². The molecule has 1 aliphatic heterocycles. The first kappa shape index (κ1) is 24.2. The third-order valence-corrected chi connectivity index (χ3v) is 6.31. The van der Waals surface area contributed by atoms with Crippen LogP contribution in [-0.2, 0) is 17.8 Å². The highest BCUT2D eigenvalue weighted by Gasteiger charge is 2.35. The Morgan fingerprint density at radius 1 is 1.39 bits per heavy atom. The van der Waals surface area contributed by atoms with Gasteiger partial charge < -0.3 is 10.6 Å². The largest absolute Gasteiger partial charge is 0.431 e. The summed E-state index contributed by atoms with van der Waals surface area (Å²) in [4.78, 5) is 20.0. The second kappa shape index (κ2) is 9.58. The molecule has 3 rings (SSSR count). The number of fused-ring (bicyclic) bond motifs is 1. The number of halogens is 4. The number of nitrogens with zero attached hydrogens (tertiary/aromatic N) is 3. The van der Waals surface area contributed by atoms with Crippen LogP contribution < -0.4 is 5.73 Å². The van der Waals surface area contributed by atoms with Crippen molar-refractivity contribution in [3.8, 4) is 6.07 Å². The number of nitriles is 1. The first-order valence-corrected chi connectivity index (χ1v) is 10.7. The Kier molecular flexibility index (Phi) is 7.03. The van der Waals surface area contributed by atoms with Gasteiger partial charge in [0.25, 0.3) is 5.91 Å². The van der Waals surface area contributed by atoms with Gasteiger partial charge in [-0.3, -0.25) is 9.79 Å². The SMILES string of the molecule is C=C(C(=O)N1CCc2cc(C#N)sc2C1)C(C)N=CC(=C(N)C(F)(F)F)c1ccccc1F. The number of nitrogens with two attached hydrogens (primary N) is 1. The van der Waals surface area contributed by atoms with Gasteiger partial charge in [0.2, 0.25) is 0 Å². The summed E-state index contributed by atoms with van der Waals surface area (Å²) in [7, 11) is 0. The van der Waals surface area contributed by atoms with E-state index in [1.54, 1.807) is 4.90 Å². The van der Waals surface area contributed by atoms with E-state index < -0.39 is 35.2 Å². The Morgan fingerprint density at radius 3 is 2.73 bits per heavy atom. The fourth-order valence-corrected chi connectivity index (χ4v) is 4.35. The average molecular weight is 476 g/mol. The molecule has 172 valence electrons. The highest BCUT2D eigenvalue weighted by Crippen LogP contribution is 2.30. The van der Waals surface area contributed by atoms with Crippen molar-refractivity contribution < 1.29 is 22.4 Å². The molecule has 0 radical (unpaired) electrons. The molecule has 1 aromatic carbocycles. The lowest BCUT2D eigenvalue weighted by atomic mass is 10.0. The summed E-state index contributed by atoms with van der Waals surface area (Å²) >= 11 is 1.32. The Balaban J connectivity index is 1.81. The first-order chi connectivity index (χ1) is 15.5. The van der Waals surface area contributed by atoms with Crippen LogP contribution in [0.5, 0.6) is 0 Å². The molecular weight excluding hydrogens is 456 g/mol. The summed E-state index contributed by atoms with van der Waals surface area (Å²) < 4.78 is 53.9. The van der Waals surface area contributed by atoms with E-state index in [1.807, 2.05) is 6.07 Å². The lowest BCUT2D eigenvalue weighted by Gasteiger charge is -2.28. The molecule has 0 bridgehead atoms. The second-order valence-electron chi connectivity index (χ2n) is 7.43.